The highest BCUT2D eigenvalue weighted by atomic mass is 32.1. The van der Waals surface area contributed by atoms with Crippen LogP contribution in [0.4, 0.5) is 0 Å². The van der Waals surface area contributed by atoms with Gasteiger partial charge in [-0.2, -0.15) is 0 Å². The Morgan fingerprint density at radius 2 is 2.10 bits per heavy atom. The Morgan fingerprint density at radius 1 is 1.33 bits per heavy atom. The van der Waals surface area contributed by atoms with Crippen LogP contribution in [0.15, 0.2) is 11.4 Å². The van der Waals surface area contributed by atoms with Crippen LogP contribution in [0.1, 0.15) is 51.9 Å². The molecule has 2 aromatic heterocycles. The molecule has 0 atom stereocenters. The molecule has 0 amide bonds. The van der Waals surface area contributed by atoms with Crippen LogP contribution in [0.3, 0.4) is 0 Å². The Morgan fingerprint density at radius 3 is 2.76 bits per heavy atom. The van der Waals surface area contributed by atoms with Crippen molar-refractivity contribution in [3.05, 3.63) is 31.9 Å². The van der Waals surface area contributed by atoms with E-state index in [1.165, 1.54) is 11.3 Å². The van der Waals surface area contributed by atoms with Gasteiger partial charge in [0.05, 0.1) is 10.7 Å². The summed E-state index contributed by atoms with van der Waals surface area (Å²) >= 11 is 2.93. The number of hydrogen-bond acceptors (Lipinski definition) is 5. The largest absolute Gasteiger partial charge is 0.485 e. The van der Waals surface area contributed by atoms with Gasteiger partial charge >= 0.3 is 5.97 Å². The van der Waals surface area contributed by atoms with Gasteiger partial charge in [0.2, 0.25) is 0 Å². The molecule has 0 fully saturated rings. The molecule has 0 radical (unpaired) electrons. The van der Waals surface area contributed by atoms with E-state index in [0.29, 0.717) is 12.4 Å². The SMILES string of the molecule is CCCc1cc(OCc2csc(CCC)n2)c(C(=O)O)s1. The number of carbonyl (C=O) groups is 1. The van der Waals surface area contributed by atoms with E-state index in [1.807, 2.05) is 11.4 Å². The highest BCUT2D eigenvalue weighted by Gasteiger charge is 2.17. The smallest absolute Gasteiger partial charge is 0.349 e. The molecule has 0 aromatic carbocycles. The Kier molecular flexibility index (Phi) is 5.76. The van der Waals surface area contributed by atoms with Gasteiger partial charge in [-0.05, 0) is 25.3 Å². The first-order valence-electron chi connectivity index (χ1n) is 7.06. The molecule has 2 aromatic rings. The van der Waals surface area contributed by atoms with E-state index in [2.05, 4.69) is 18.8 Å². The van der Waals surface area contributed by atoms with E-state index < -0.39 is 5.97 Å². The van der Waals surface area contributed by atoms with Crippen LogP contribution in [0, 0.1) is 0 Å². The molecule has 21 heavy (non-hydrogen) atoms. The summed E-state index contributed by atoms with van der Waals surface area (Å²) in [7, 11) is 0. The van der Waals surface area contributed by atoms with E-state index in [1.54, 1.807) is 11.3 Å². The van der Waals surface area contributed by atoms with Crippen LogP contribution in [-0.2, 0) is 19.4 Å². The number of aromatic carboxylic acids is 1. The quantitative estimate of drug-likeness (QED) is 0.782. The van der Waals surface area contributed by atoms with Crippen molar-refractivity contribution < 1.29 is 14.6 Å². The maximum absolute atomic E-state index is 11.3. The second-order valence-electron chi connectivity index (χ2n) is 4.73. The van der Waals surface area contributed by atoms with Gasteiger partial charge in [0.25, 0.3) is 0 Å². The number of thiazole rings is 1. The van der Waals surface area contributed by atoms with Gasteiger partial charge in [-0.15, -0.1) is 22.7 Å². The number of ether oxygens (including phenoxy) is 1. The van der Waals surface area contributed by atoms with Crippen molar-refractivity contribution in [1.82, 2.24) is 4.98 Å². The van der Waals surface area contributed by atoms with Crippen LogP contribution in [0.2, 0.25) is 0 Å². The summed E-state index contributed by atoms with van der Waals surface area (Å²) < 4.78 is 5.68. The second kappa shape index (κ2) is 7.56. The van der Waals surface area contributed by atoms with Crippen molar-refractivity contribution in [2.75, 3.05) is 0 Å². The highest BCUT2D eigenvalue weighted by molar-refractivity contribution is 7.14. The van der Waals surface area contributed by atoms with E-state index in [-0.39, 0.29) is 4.88 Å². The molecule has 0 saturated carbocycles. The number of aromatic nitrogens is 1. The summed E-state index contributed by atoms with van der Waals surface area (Å²) in [6.45, 7) is 4.52. The molecule has 0 bridgehead atoms. The monoisotopic (exact) mass is 325 g/mol. The molecule has 0 aliphatic carbocycles. The third-order valence-electron chi connectivity index (χ3n) is 2.88. The van der Waals surface area contributed by atoms with Crippen molar-refractivity contribution in [1.29, 1.82) is 0 Å². The van der Waals surface area contributed by atoms with Crippen LogP contribution in [0.5, 0.6) is 5.75 Å². The number of carboxylic acids is 1. The first-order chi connectivity index (χ1) is 10.1. The molecule has 0 aliphatic rings. The Bertz CT molecular complexity index is 604. The molecule has 2 rings (SSSR count). The summed E-state index contributed by atoms with van der Waals surface area (Å²) in [5.74, 6) is -0.469. The van der Waals surface area contributed by atoms with Crippen LogP contribution in [-0.4, -0.2) is 16.1 Å². The minimum Gasteiger partial charge on any atom is -0.485 e. The van der Waals surface area contributed by atoms with Crippen LogP contribution >= 0.6 is 22.7 Å². The topological polar surface area (TPSA) is 59.4 Å². The molecule has 0 spiro atoms. The molecule has 6 heteroatoms. The summed E-state index contributed by atoms with van der Waals surface area (Å²) in [5, 5.41) is 12.3. The third kappa shape index (κ3) is 4.28. The van der Waals surface area contributed by atoms with Crippen molar-refractivity contribution >= 4 is 28.6 Å². The van der Waals surface area contributed by atoms with E-state index >= 15 is 0 Å². The second-order valence-corrected chi connectivity index (χ2v) is 6.81. The fraction of sp³-hybridized carbons (Fsp3) is 0.467. The number of thiophene rings is 1. The van der Waals surface area contributed by atoms with Crippen molar-refractivity contribution in [2.45, 2.75) is 46.1 Å². The number of aryl methyl sites for hydroxylation is 2. The molecular weight excluding hydrogens is 306 g/mol. The molecule has 0 saturated heterocycles. The van der Waals surface area contributed by atoms with Gasteiger partial charge in [0.1, 0.15) is 12.4 Å². The van der Waals surface area contributed by atoms with Gasteiger partial charge in [-0.1, -0.05) is 20.3 Å². The van der Waals surface area contributed by atoms with E-state index in [0.717, 1.165) is 41.3 Å². The Hall–Kier alpha value is -1.40. The number of carboxylic acid groups (broad SMARTS) is 1. The normalized spacial score (nSPS) is 10.8. The van der Waals surface area contributed by atoms with Crippen molar-refractivity contribution in [3.63, 3.8) is 0 Å². The number of rotatable bonds is 8. The minimum absolute atomic E-state index is 0.280. The summed E-state index contributed by atoms with van der Waals surface area (Å²) in [6, 6.07) is 1.84. The molecule has 0 aliphatic heterocycles. The molecular formula is C15H19NO3S2. The number of nitrogens with zero attached hydrogens (tertiary/aromatic N) is 1. The summed E-state index contributed by atoms with van der Waals surface area (Å²) in [6.07, 6.45) is 3.92. The zero-order valence-corrected chi connectivity index (χ0v) is 13.9. The zero-order valence-electron chi connectivity index (χ0n) is 12.2. The molecule has 4 nitrogen and oxygen atoms in total. The maximum atomic E-state index is 11.3. The lowest BCUT2D eigenvalue weighted by molar-refractivity contribution is 0.0697. The maximum Gasteiger partial charge on any atom is 0.349 e. The zero-order chi connectivity index (χ0) is 15.2. The van der Waals surface area contributed by atoms with Gasteiger partial charge in [-0.3, -0.25) is 0 Å². The molecule has 2 heterocycles. The average molecular weight is 325 g/mol. The van der Waals surface area contributed by atoms with Gasteiger partial charge in [0.15, 0.2) is 4.88 Å². The fourth-order valence-electron chi connectivity index (χ4n) is 1.94. The van der Waals surface area contributed by atoms with Crippen molar-refractivity contribution in [3.8, 4) is 5.75 Å². The molecule has 0 unspecified atom stereocenters. The van der Waals surface area contributed by atoms with Gasteiger partial charge in [0, 0.05) is 10.3 Å². The summed E-state index contributed by atoms with van der Waals surface area (Å²) in [4.78, 5) is 17.1. The van der Waals surface area contributed by atoms with Crippen LogP contribution in [0.25, 0.3) is 0 Å². The Balaban J connectivity index is 2.05. The predicted molar refractivity (Wildman–Crippen MR) is 85.7 cm³/mol. The minimum atomic E-state index is -0.928. The Labute approximate surface area is 132 Å². The first kappa shape index (κ1) is 16.0. The first-order valence-corrected chi connectivity index (χ1v) is 8.75. The summed E-state index contributed by atoms with van der Waals surface area (Å²) in [5.41, 5.74) is 0.864. The standard InChI is InChI=1S/C15H19NO3S2/c1-3-5-11-7-12(14(21-11)15(17)18)19-8-10-9-20-13(16-10)6-4-2/h7,9H,3-6,8H2,1-2H3,(H,17,18). The van der Waals surface area contributed by atoms with Crippen molar-refractivity contribution in [2.24, 2.45) is 0 Å². The predicted octanol–water partition coefficient (Wildman–Crippen LogP) is 4.39. The molecule has 114 valence electrons. The lowest BCUT2D eigenvalue weighted by Crippen LogP contribution is -2.00. The van der Waals surface area contributed by atoms with Crippen LogP contribution < -0.4 is 4.74 Å². The average Bonchev–Trinajstić information content (AvgIpc) is 3.04. The van der Waals surface area contributed by atoms with E-state index in [4.69, 9.17) is 4.74 Å². The van der Waals surface area contributed by atoms with Gasteiger partial charge < -0.3 is 9.84 Å². The van der Waals surface area contributed by atoms with Gasteiger partial charge in [-0.25, -0.2) is 9.78 Å². The lowest BCUT2D eigenvalue weighted by atomic mass is 10.3. The molecule has 1 N–H and O–H groups in total. The third-order valence-corrected chi connectivity index (χ3v) is 5.00. The fourth-order valence-corrected chi connectivity index (χ4v) is 3.87. The lowest BCUT2D eigenvalue weighted by Gasteiger charge is -2.02. The highest BCUT2D eigenvalue weighted by Crippen LogP contribution is 2.31. The number of hydrogen-bond donors (Lipinski definition) is 1. The van der Waals surface area contributed by atoms with E-state index in [9.17, 15) is 9.90 Å².